The molecule has 0 amide bonds. The summed E-state index contributed by atoms with van der Waals surface area (Å²) in [5.41, 5.74) is 13.2. The molecule has 0 spiro atoms. The minimum atomic E-state index is 0.726. The van der Waals surface area contributed by atoms with E-state index in [9.17, 15) is 0 Å². The largest absolute Gasteiger partial charge is 0.497 e. The fourth-order valence-corrected chi connectivity index (χ4v) is 6.25. The van der Waals surface area contributed by atoms with Crippen molar-refractivity contribution in [1.82, 2.24) is 24.9 Å². The summed E-state index contributed by atoms with van der Waals surface area (Å²) in [5.74, 6) is 2.38. The highest BCUT2D eigenvalue weighted by molar-refractivity contribution is 5.99. The number of rotatable bonds is 6. The molecule has 0 aliphatic rings. The van der Waals surface area contributed by atoms with E-state index in [0.29, 0.717) is 0 Å². The zero-order chi connectivity index (χ0) is 32.6. The second-order valence-electron chi connectivity index (χ2n) is 11.5. The molecule has 8 nitrogen and oxygen atoms in total. The molecule has 3 aromatic carbocycles. The smallest absolute Gasteiger partial charge is 0.140 e. The van der Waals surface area contributed by atoms with Crippen LogP contribution in [0.2, 0.25) is 0 Å². The van der Waals surface area contributed by atoms with E-state index in [0.717, 1.165) is 95.0 Å². The SMILES string of the molecule is COc1ccc(-c2nc3ccc([nH]3)[c+](-c3ccc(OC)cc3)c3ccc([nH]3)[c+](-c3ccc(OC)cc3)c3ccc([nH]3)c3ccc2[nH]3)cc1. The molecule has 48 heavy (non-hydrogen) atoms. The van der Waals surface area contributed by atoms with E-state index in [-0.39, 0.29) is 0 Å². The number of methoxy groups -OCH3 is 3. The molecular formula is C40H33N5O3+2. The summed E-state index contributed by atoms with van der Waals surface area (Å²) in [6.45, 7) is 0. The lowest BCUT2D eigenvalue weighted by molar-refractivity contribution is 0.415. The van der Waals surface area contributed by atoms with Crippen molar-refractivity contribution in [3.8, 4) is 50.8 Å². The predicted octanol–water partition coefficient (Wildman–Crippen LogP) is 9.72. The molecule has 8 heteroatoms. The Hall–Kier alpha value is -6.41. The highest BCUT2D eigenvalue weighted by atomic mass is 16.5. The summed E-state index contributed by atoms with van der Waals surface area (Å²) >= 11 is 0. The number of aromatic nitrogens is 5. The van der Waals surface area contributed by atoms with E-state index in [1.165, 1.54) is 0 Å². The molecule has 0 radical (unpaired) electrons. The minimum Gasteiger partial charge on any atom is -0.497 e. The van der Waals surface area contributed by atoms with Crippen LogP contribution in [0.3, 0.4) is 0 Å². The van der Waals surface area contributed by atoms with Crippen molar-refractivity contribution < 1.29 is 14.2 Å². The molecule has 4 N–H and O–H groups in total. The molecule has 0 atom stereocenters. The van der Waals surface area contributed by atoms with Crippen molar-refractivity contribution in [2.75, 3.05) is 21.3 Å². The van der Waals surface area contributed by atoms with Gasteiger partial charge in [0.2, 0.25) is 0 Å². The van der Waals surface area contributed by atoms with Crippen LogP contribution in [0.25, 0.3) is 77.8 Å². The van der Waals surface area contributed by atoms with Crippen molar-refractivity contribution in [1.29, 1.82) is 0 Å². The van der Waals surface area contributed by atoms with Gasteiger partial charge in [0.1, 0.15) is 56.1 Å². The van der Waals surface area contributed by atoms with E-state index in [4.69, 9.17) is 19.2 Å². The van der Waals surface area contributed by atoms with Gasteiger partial charge in [-0.05, 0) is 42.5 Å². The fourth-order valence-electron chi connectivity index (χ4n) is 6.25. The van der Waals surface area contributed by atoms with Crippen LogP contribution in [0.1, 0.15) is 0 Å². The van der Waals surface area contributed by atoms with Gasteiger partial charge in [-0.15, -0.1) is 0 Å². The van der Waals surface area contributed by atoms with Gasteiger partial charge in [0.25, 0.3) is 0 Å². The van der Waals surface area contributed by atoms with E-state index < -0.39 is 0 Å². The highest BCUT2D eigenvalue weighted by Crippen LogP contribution is 2.34. The van der Waals surface area contributed by atoms with E-state index >= 15 is 0 Å². The van der Waals surface area contributed by atoms with Crippen LogP contribution in [-0.4, -0.2) is 46.2 Å². The number of aromatic amines is 4. The number of H-pyrrole nitrogens is 4. The Morgan fingerprint density at radius 2 is 0.854 bits per heavy atom. The first-order chi connectivity index (χ1) is 23.6. The third kappa shape index (κ3) is 5.29. The quantitative estimate of drug-likeness (QED) is 0.137. The number of fused-ring (bicyclic) bond motifs is 9. The van der Waals surface area contributed by atoms with Crippen molar-refractivity contribution in [2.45, 2.75) is 0 Å². The fraction of sp³-hybridized carbons (Fsp3) is 0.0750. The van der Waals surface area contributed by atoms with Gasteiger partial charge in [-0.1, -0.05) is 0 Å². The molecule has 8 rings (SSSR count). The minimum absolute atomic E-state index is 0.726. The Balaban J connectivity index is 1.49. The molecule has 8 bridgehead atoms. The molecule has 8 aromatic rings. The van der Waals surface area contributed by atoms with Gasteiger partial charge < -0.3 is 34.1 Å². The summed E-state index contributed by atoms with van der Waals surface area (Å²) < 4.78 is 16.4. The molecule has 0 saturated heterocycles. The first kappa shape index (κ1) is 29.0. The van der Waals surface area contributed by atoms with Crippen LogP contribution in [-0.2, 0) is 0 Å². The molecule has 0 fully saturated rings. The standard InChI is InChI=1S/C40H33N5O3/c1-46-27-10-4-24(5-11-27)38-32-18-16-30(41-32)31-17-21-36(42-31)40(26-8-14-29(48-3)15-9-26)45-37-23-22-35(44-37)39(34-20-19-33(38)43-34)25-6-12-28(47-2)13-7-25/h4-23,41-44H,1-3H3/q+2. The van der Waals surface area contributed by atoms with Gasteiger partial charge in [0, 0.05) is 72.3 Å². The molecular weight excluding hydrogens is 598 g/mol. The first-order valence-corrected chi connectivity index (χ1v) is 15.6. The Labute approximate surface area is 276 Å². The number of ether oxygens (including phenoxy) is 3. The second kappa shape index (κ2) is 12.1. The van der Waals surface area contributed by atoms with Crippen LogP contribution in [0, 0.1) is 0 Å². The Morgan fingerprint density at radius 3 is 1.44 bits per heavy atom. The third-order valence-electron chi connectivity index (χ3n) is 8.70. The zero-order valence-corrected chi connectivity index (χ0v) is 26.7. The normalized spacial score (nSPS) is 11.2. The highest BCUT2D eigenvalue weighted by Gasteiger charge is 2.18. The van der Waals surface area contributed by atoms with Gasteiger partial charge in [-0.2, -0.15) is 0 Å². The van der Waals surface area contributed by atoms with E-state index in [1.54, 1.807) is 21.3 Å². The maximum absolute atomic E-state index is 5.48. The molecule has 0 saturated carbocycles. The van der Waals surface area contributed by atoms with E-state index in [1.807, 2.05) is 54.6 Å². The van der Waals surface area contributed by atoms with Gasteiger partial charge >= 0.3 is 0 Å². The lowest BCUT2D eigenvalue weighted by Crippen LogP contribution is -1.87. The summed E-state index contributed by atoms with van der Waals surface area (Å²) in [7, 11) is 5.03. The van der Waals surface area contributed by atoms with Gasteiger partial charge in [0.15, 0.2) is 0 Å². The zero-order valence-electron chi connectivity index (χ0n) is 26.7. The summed E-state index contributed by atoms with van der Waals surface area (Å²) in [5, 5.41) is 0. The first-order valence-electron chi connectivity index (χ1n) is 15.6. The molecule has 234 valence electrons. The number of benzene rings is 3. The average molecular weight is 632 g/mol. The molecule has 5 heterocycles. The lowest BCUT2D eigenvalue weighted by atomic mass is 10.1. The molecule has 5 aromatic heterocycles. The van der Waals surface area contributed by atoms with Crippen LogP contribution in [0.15, 0.2) is 121 Å². The monoisotopic (exact) mass is 631 g/mol. The molecule has 0 aliphatic heterocycles. The van der Waals surface area contributed by atoms with Crippen LogP contribution >= 0.6 is 0 Å². The maximum atomic E-state index is 5.48. The summed E-state index contributed by atoms with van der Waals surface area (Å²) in [6, 6.07) is 40.9. The van der Waals surface area contributed by atoms with Crippen molar-refractivity contribution in [3.63, 3.8) is 0 Å². The van der Waals surface area contributed by atoms with Crippen molar-refractivity contribution in [2.24, 2.45) is 0 Å². The van der Waals surface area contributed by atoms with Crippen molar-refractivity contribution in [3.05, 3.63) is 121 Å². The van der Waals surface area contributed by atoms with Crippen molar-refractivity contribution >= 4 is 44.3 Å². The Kier molecular flexibility index (Phi) is 7.30. The van der Waals surface area contributed by atoms with Crippen LogP contribution < -0.4 is 14.2 Å². The maximum Gasteiger partial charge on any atom is 0.140 e. The lowest BCUT2D eigenvalue weighted by Gasteiger charge is -2.03. The third-order valence-corrected chi connectivity index (χ3v) is 8.70. The summed E-state index contributed by atoms with van der Waals surface area (Å²) in [6.07, 6.45) is 0. The number of nitrogens with one attached hydrogen (secondary N) is 4. The Bertz CT molecular complexity index is 2500. The number of hydrogen-bond acceptors (Lipinski definition) is 4. The molecule has 0 aliphatic carbocycles. The molecule has 0 unspecified atom stereocenters. The number of nitrogens with zero attached hydrogens (tertiary/aromatic N) is 1. The second-order valence-corrected chi connectivity index (χ2v) is 11.5. The Morgan fingerprint density at radius 1 is 0.417 bits per heavy atom. The van der Waals surface area contributed by atoms with Gasteiger partial charge in [0.05, 0.1) is 66.8 Å². The number of hydrogen-bond donors (Lipinski definition) is 4. The van der Waals surface area contributed by atoms with Crippen LogP contribution in [0.4, 0.5) is 0 Å². The predicted molar refractivity (Wildman–Crippen MR) is 194 cm³/mol. The topological polar surface area (TPSA) is 104 Å². The summed E-state index contributed by atoms with van der Waals surface area (Å²) in [4.78, 5) is 19.9. The average Bonchev–Trinajstić information content (AvgIpc) is 3.97. The van der Waals surface area contributed by atoms with Gasteiger partial charge in [-0.3, -0.25) is 0 Å². The van der Waals surface area contributed by atoms with E-state index in [2.05, 4.69) is 86.7 Å². The van der Waals surface area contributed by atoms with Gasteiger partial charge in [-0.25, -0.2) is 4.98 Å². The van der Waals surface area contributed by atoms with Crippen LogP contribution in [0.5, 0.6) is 17.2 Å².